The molecule has 0 unspecified atom stereocenters. The maximum absolute atomic E-state index is 11.8. The van der Waals surface area contributed by atoms with Crippen LogP contribution in [0.15, 0.2) is 35.1 Å². The highest BCUT2D eigenvalue weighted by Gasteiger charge is 2.10. The van der Waals surface area contributed by atoms with E-state index in [2.05, 4.69) is 5.10 Å². The van der Waals surface area contributed by atoms with Gasteiger partial charge in [-0.05, 0) is 18.2 Å². The second-order valence-electron chi connectivity index (χ2n) is 4.53. The molecule has 9 heteroatoms. The normalized spacial score (nSPS) is 10.2. The minimum atomic E-state index is -0.728. The number of halogens is 2. The Morgan fingerprint density at radius 2 is 2.04 bits per heavy atom. The van der Waals surface area contributed by atoms with Crippen molar-refractivity contribution in [3.63, 3.8) is 0 Å². The van der Waals surface area contributed by atoms with Crippen molar-refractivity contribution in [2.45, 2.75) is 13.0 Å². The molecule has 1 aromatic heterocycles. The standard InChI is InChI=1S/C15H12Cl2N2O5/c16-10-2-3-12(11(17)8-10)23-9-15(22)24-13-4-5-14(21)19(18-13)6-1-7-20/h2-5,7-8H,1,6,9H2. The molecule has 2 rings (SSSR count). The van der Waals surface area contributed by atoms with Gasteiger partial charge in [0.25, 0.3) is 5.56 Å². The number of esters is 1. The highest BCUT2D eigenvalue weighted by Crippen LogP contribution is 2.27. The minimum absolute atomic E-state index is 0.0729. The average Bonchev–Trinajstić information content (AvgIpc) is 2.54. The molecule has 126 valence electrons. The fourth-order valence-corrected chi connectivity index (χ4v) is 2.16. The van der Waals surface area contributed by atoms with E-state index in [1.165, 1.54) is 24.3 Å². The molecular formula is C15H12Cl2N2O5. The molecule has 0 saturated heterocycles. The number of ether oxygens (including phenoxy) is 2. The summed E-state index contributed by atoms with van der Waals surface area (Å²) in [6.07, 6.45) is 0.791. The Morgan fingerprint density at radius 1 is 1.25 bits per heavy atom. The van der Waals surface area contributed by atoms with Crippen LogP contribution in [-0.2, 0) is 16.1 Å². The summed E-state index contributed by atoms with van der Waals surface area (Å²) in [7, 11) is 0. The summed E-state index contributed by atoms with van der Waals surface area (Å²) in [6, 6.07) is 7.02. The van der Waals surface area contributed by atoms with E-state index in [1.807, 2.05) is 0 Å². The Kier molecular flexibility index (Phi) is 6.34. The van der Waals surface area contributed by atoms with Gasteiger partial charge in [0.05, 0.1) is 11.6 Å². The highest BCUT2D eigenvalue weighted by molar-refractivity contribution is 6.35. The molecule has 7 nitrogen and oxygen atoms in total. The van der Waals surface area contributed by atoms with Crippen molar-refractivity contribution in [3.8, 4) is 11.6 Å². The first kappa shape index (κ1) is 18.0. The number of aromatic nitrogens is 2. The number of hydrogen-bond donors (Lipinski definition) is 0. The van der Waals surface area contributed by atoms with Crippen molar-refractivity contribution in [1.29, 1.82) is 0 Å². The third-order valence-corrected chi connectivity index (χ3v) is 3.29. The van der Waals surface area contributed by atoms with Gasteiger partial charge in [0.2, 0.25) is 5.88 Å². The van der Waals surface area contributed by atoms with E-state index < -0.39 is 18.1 Å². The van der Waals surface area contributed by atoms with Crippen LogP contribution >= 0.6 is 23.2 Å². The van der Waals surface area contributed by atoms with Gasteiger partial charge in [-0.3, -0.25) is 4.79 Å². The zero-order valence-corrected chi connectivity index (χ0v) is 13.8. The third-order valence-electron chi connectivity index (χ3n) is 2.76. The Bertz CT molecular complexity index is 807. The van der Waals surface area contributed by atoms with E-state index >= 15 is 0 Å². The summed E-state index contributed by atoms with van der Waals surface area (Å²) >= 11 is 11.7. The van der Waals surface area contributed by atoms with Gasteiger partial charge in [-0.25, -0.2) is 9.48 Å². The minimum Gasteiger partial charge on any atom is -0.480 e. The smallest absolute Gasteiger partial charge is 0.350 e. The van der Waals surface area contributed by atoms with Gasteiger partial charge in [-0.1, -0.05) is 23.2 Å². The van der Waals surface area contributed by atoms with Crippen molar-refractivity contribution < 1.29 is 19.1 Å². The fourth-order valence-electron chi connectivity index (χ4n) is 1.69. The zero-order valence-electron chi connectivity index (χ0n) is 12.3. The fraction of sp³-hybridized carbons (Fsp3) is 0.200. The molecule has 0 aliphatic carbocycles. The van der Waals surface area contributed by atoms with E-state index in [0.717, 1.165) is 4.68 Å². The number of benzene rings is 1. The van der Waals surface area contributed by atoms with Gasteiger partial charge in [-0.2, -0.15) is 0 Å². The maximum Gasteiger partial charge on any atom is 0.350 e. The number of nitrogens with zero attached hydrogens (tertiary/aromatic N) is 2. The van der Waals surface area contributed by atoms with E-state index in [-0.39, 0.29) is 29.6 Å². The molecule has 0 bridgehead atoms. The number of rotatable bonds is 7. The largest absolute Gasteiger partial charge is 0.480 e. The Labute approximate surface area is 146 Å². The summed E-state index contributed by atoms with van der Waals surface area (Å²) in [5.74, 6) is -0.521. The monoisotopic (exact) mass is 370 g/mol. The Morgan fingerprint density at radius 3 is 2.75 bits per heavy atom. The SMILES string of the molecule is O=CCCn1nc(OC(=O)COc2ccc(Cl)cc2Cl)ccc1=O. The van der Waals surface area contributed by atoms with Gasteiger partial charge in [0, 0.05) is 23.6 Å². The van der Waals surface area contributed by atoms with E-state index in [0.29, 0.717) is 11.3 Å². The summed E-state index contributed by atoms with van der Waals surface area (Å²) < 4.78 is 11.3. The number of aldehydes is 1. The summed E-state index contributed by atoms with van der Waals surface area (Å²) in [4.78, 5) is 33.7. The summed E-state index contributed by atoms with van der Waals surface area (Å²) in [6.45, 7) is -0.304. The topological polar surface area (TPSA) is 87.5 Å². The zero-order chi connectivity index (χ0) is 17.5. The second kappa shape index (κ2) is 8.47. The predicted molar refractivity (Wildman–Crippen MR) is 86.8 cm³/mol. The molecule has 0 spiro atoms. The summed E-state index contributed by atoms with van der Waals surface area (Å²) in [5, 5.41) is 4.54. The van der Waals surface area contributed by atoms with Crippen LogP contribution in [0.4, 0.5) is 0 Å². The molecule has 0 atom stereocenters. The predicted octanol–water partition coefficient (Wildman–Crippen LogP) is 2.12. The van der Waals surface area contributed by atoms with E-state index in [4.69, 9.17) is 32.7 Å². The van der Waals surface area contributed by atoms with Crippen molar-refractivity contribution in [3.05, 3.63) is 50.7 Å². The maximum atomic E-state index is 11.8. The van der Waals surface area contributed by atoms with Crippen LogP contribution in [0.2, 0.25) is 10.0 Å². The Hall–Kier alpha value is -2.38. The van der Waals surface area contributed by atoms with Gasteiger partial charge in [0.15, 0.2) is 6.61 Å². The first-order valence-corrected chi connectivity index (χ1v) is 7.55. The number of carbonyl (C=O) groups excluding carboxylic acids is 2. The van der Waals surface area contributed by atoms with Crippen LogP contribution in [0.3, 0.4) is 0 Å². The average molecular weight is 371 g/mol. The lowest BCUT2D eigenvalue weighted by Crippen LogP contribution is -2.24. The third kappa shape index (κ3) is 5.07. The molecule has 24 heavy (non-hydrogen) atoms. The highest BCUT2D eigenvalue weighted by atomic mass is 35.5. The van der Waals surface area contributed by atoms with Crippen LogP contribution in [-0.4, -0.2) is 28.6 Å². The van der Waals surface area contributed by atoms with Crippen LogP contribution in [0.5, 0.6) is 11.6 Å². The molecule has 0 saturated carbocycles. The van der Waals surface area contributed by atoms with Gasteiger partial charge >= 0.3 is 5.97 Å². The molecule has 1 aromatic carbocycles. The van der Waals surface area contributed by atoms with E-state index in [1.54, 1.807) is 6.07 Å². The number of hydrogen-bond acceptors (Lipinski definition) is 6. The van der Waals surface area contributed by atoms with Crippen LogP contribution in [0.1, 0.15) is 6.42 Å². The van der Waals surface area contributed by atoms with Crippen LogP contribution in [0.25, 0.3) is 0 Å². The van der Waals surface area contributed by atoms with Crippen molar-refractivity contribution in [1.82, 2.24) is 9.78 Å². The van der Waals surface area contributed by atoms with E-state index in [9.17, 15) is 14.4 Å². The molecule has 0 N–H and O–H groups in total. The lowest BCUT2D eigenvalue weighted by molar-refractivity contribution is -0.137. The van der Waals surface area contributed by atoms with Gasteiger partial charge < -0.3 is 14.3 Å². The number of aryl methyl sites for hydroxylation is 1. The molecular weight excluding hydrogens is 359 g/mol. The van der Waals surface area contributed by atoms with Gasteiger partial charge in [-0.15, -0.1) is 5.10 Å². The van der Waals surface area contributed by atoms with Crippen molar-refractivity contribution in [2.75, 3.05) is 6.61 Å². The first-order valence-electron chi connectivity index (χ1n) is 6.80. The molecule has 1 heterocycles. The van der Waals surface area contributed by atoms with Crippen molar-refractivity contribution >= 4 is 35.5 Å². The number of carbonyl (C=O) groups is 2. The first-order chi connectivity index (χ1) is 11.5. The molecule has 0 aliphatic heterocycles. The molecule has 0 radical (unpaired) electrons. The van der Waals surface area contributed by atoms with Gasteiger partial charge in [0.1, 0.15) is 12.0 Å². The molecule has 0 amide bonds. The Balaban J connectivity index is 1.96. The molecule has 0 fully saturated rings. The molecule has 0 aliphatic rings. The summed E-state index contributed by atoms with van der Waals surface area (Å²) in [5.41, 5.74) is -0.402. The lowest BCUT2D eigenvalue weighted by Gasteiger charge is -2.08. The molecule has 2 aromatic rings. The van der Waals surface area contributed by atoms with Crippen LogP contribution in [0, 0.1) is 0 Å². The quantitative estimate of drug-likeness (QED) is 0.547. The second-order valence-corrected chi connectivity index (χ2v) is 5.37. The lowest BCUT2D eigenvalue weighted by atomic mass is 10.3. The van der Waals surface area contributed by atoms with Crippen molar-refractivity contribution in [2.24, 2.45) is 0 Å². The van der Waals surface area contributed by atoms with Crippen LogP contribution < -0.4 is 15.0 Å².